The Kier molecular flexibility index (Phi) is 3.60. The molecule has 0 spiro atoms. The van der Waals surface area contributed by atoms with Gasteiger partial charge in [0, 0.05) is 18.1 Å². The number of aromatic nitrogens is 4. The van der Waals surface area contributed by atoms with Crippen molar-refractivity contribution in [1.82, 2.24) is 19.5 Å². The van der Waals surface area contributed by atoms with Crippen LogP contribution in [0.15, 0.2) is 60.4 Å². The molecule has 112 valence electrons. The van der Waals surface area contributed by atoms with Crippen molar-refractivity contribution in [2.24, 2.45) is 0 Å². The Bertz CT molecular complexity index is 890. The van der Waals surface area contributed by atoms with E-state index in [1.54, 1.807) is 18.2 Å². The molecule has 0 amide bonds. The Balaban J connectivity index is 1.99. The molecule has 3 rings (SSSR count). The summed E-state index contributed by atoms with van der Waals surface area (Å²) in [6.07, 6.45) is 7.12. The molecule has 7 nitrogen and oxygen atoms in total. The van der Waals surface area contributed by atoms with Gasteiger partial charge in [-0.25, -0.2) is 9.97 Å². The quantitative estimate of drug-likeness (QED) is 0.792. The largest absolute Gasteiger partial charge is 0.279 e. The Morgan fingerprint density at radius 2 is 2.00 bits per heavy atom. The zero-order valence-electron chi connectivity index (χ0n) is 11.7. The highest BCUT2D eigenvalue weighted by Gasteiger charge is 2.21. The first kappa shape index (κ1) is 14.2. The number of imidazole rings is 1. The van der Waals surface area contributed by atoms with Crippen LogP contribution in [-0.2, 0) is 10.0 Å². The monoisotopic (exact) mass is 315 g/mol. The molecule has 0 aliphatic heterocycles. The van der Waals surface area contributed by atoms with E-state index < -0.39 is 10.0 Å². The lowest BCUT2D eigenvalue weighted by molar-refractivity contribution is 0.594. The minimum Gasteiger partial charge on any atom is -0.278 e. The van der Waals surface area contributed by atoms with Crippen LogP contribution in [0.4, 0.5) is 5.69 Å². The Labute approximate surface area is 127 Å². The molecule has 0 saturated heterocycles. The fraction of sp³-hybridized carbons (Fsp3) is 0.0714. The molecular formula is C14H13N5O2S. The highest BCUT2D eigenvalue weighted by molar-refractivity contribution is 7.92. The van der Waals surface area contributed by atoms with E-state index in [4.69, 9.17) is 0 Å². The third-order valence-corrected chi connectivity index (χ3v) is 4.30. The number of hydrogen-bond donors (Lipinski definition) is 1. The van der Waals surface area contributed by atoms with Crippen LogP contribution in [0, 0.1) is 6.92 Å². The summed E-state index contributed by atoms with van der Waals surface area (Å²) >= 11 is 0. The minimum atomic E-state index is -3.78. The average Bonchev–Trinajstić information content (AvgIpc) is 2.98. The van der Waals surface area contributed by atoms with Gasteiger partial charge in [-0.05, 0) is 24.6 Å². The van der Waals surface area contributed by atoms with Crippen molar-refractivity contribution in [2.75, 3.05) is 4.72 Å². The lowest BCUT2D eigenvalue weighted by atomic mass is 10.2. The highest BCUT2D eigenvalue weighted by atomic mass is 32.2. The van der Waals surface area contributed by atoms with Crippen molar-refractivity contribution in [2.45, 2.75) is 11.9 Å². The fourth-order valence-corrected chi connectivity index (χ4v) is 3.13. The average molecular weight is 315 g/mol. The first-order chi connectivity index (χ1) is 10.6. The minimum absolute atomic E-state index is 0.00509. The molecule has 0 bridgehead atoms. The van der Waals surface area contributed by atoms with E-state index in [0.29, 0.717) is 11.5 Å². The van der Waals surface area contributed by atoms with Crippen LogP contribution in [0.25, 0.3) is 5.82 Å². The van der Waals surface area contributed by atoms with Crippen molar-refractivity contribution < 1.29 is 8.42 Å². The van der Waals surface area contributed by atoms with E-state index in [1.807, 2.05) is 13.0 Å². The molecule has 2 aromatic heterocycles. The molecule has 1 aromatic carbocycles. The molecule has 3 aromatic rings. The summed E-state index contributed by atoms with van der Waals surface area (Å²) in [6, 6.07) is 7.11. The summed E-state index contributed by atoms with van der Waals surface area (Å²) in [5.41, 5.74) is 1.45. The van der Waals surface area contributed by atoms with E-state index >= 15 is 0 Å². The number of aryl methyl sites for hydroxylation is 1. The van der Waals surface area contributed by atoms with Gasteiger partial charge in [0.2, 0.25) is 0 Å². The van der Waals surface area contributed by atoms with Crippen LogP contribution in [0.2, 0.25) is 0 Å². The molecule has 0 fully saturated rings. The first-order valence-corrected chi connectivity index (χ1v) is 7.93. The summed E-state index contributed by atoms with van der Waals surface area (Å²) in [6.45, 7) is 1.89. The van der Waals surface area contributed by atoms with Gasteiger partial charge in [-0.2, -0.15) is 8.42 Å². The molecule has 0 saturated carbocycles. The predicted molar refractivity (Wildman–Crippen MR) is 81.1 cm³/mol. The third-order valence-electron chi connectivity index (χ3n) is 2.95. The maximum atomic E-state index is 12.5. The van der Waals surface area contributed by atoms with E-state index in [2.05, 4.69) is 19.7 Å². The molecule has 0 atom stereocenters. The molecule has 0 radical (unpaired) electrons. The van der Waals surface area contributed by atoms with E-state index in [0.717, 1.165) is 5.56 Å². The van der Waals surface area contributed by atoms with Gasteiger partial charge in [-0.1, -0.05) is 12.1 Å². The zero-order valence-corrected chi connectivity index (χ0v) is 12.5. The van der Waals surface area contributed by atoms with Crippen LogP contribution in [-0.4, -0.2) is 27.9 Å². The van der Waals surface area contributed by atoms with Gasteiger partial charge >= 0.3 is 0 Å². The number of nitrogens with one attached hydrogen (secondary N) is 1. The van der Waals surface area contributed by atoms with Gasteiger partial charge in [0.25, 0.3) is 10.0 Å². The van der Waals surface area contributed by atoms with Crippen molar-refractivity contribution in [1.29, 1.82) is 0 Å². The lowest BCUT2D eigenvalue weighted by Crippen LogP contribution is -2.17. The standard InChI is InChI=1S/C14H13N5O2S/c1-11-3-2-4-12(7-11)18-22(20,21)14-9-16-10-19(14)13-8-15-5-6-17-13/h2-10,18H,1H3. The van der Waals surface area contributed by atoms with Gasteiger partial charge in [0.1, 0.15) is 6.33 Å². The van der Waals surface area contributed by atoms with Crippen LogP contribution in [0.1, 0.15) is 5.56 Å². The maximum absolute atomic E-state index is 12.5. The van der Waals surface area contributed by atoms with Gasteiger partial charge in [-0.15, -0.1) is 0 Å². The van der Waals surface area contributed by atoms with Crippen molar-refractivity contribution in [3.8, 4) is 5.82 Å². The SMILES string of the molecule is Cc1cccc(NS(=O)(=O)c2cncn2-c2cnccn2)c1. The van der Waals surface area contributed by atoms with Gasteiger partial charge in [0.05, 0.1) is 12.4 Å². The Hall–Kier alpha value is -2.74. The van der Waals surface area contributed by atoms with Gasteiger partial charge < -0.3 is 0 Å². The molecule has 0 aliphatic rings. The normalized spacial score (nSPS) is 11.3. The second kappa shape index (κ2) is 5.57. The second-order valence-electron chi connectivity index (χ2n) is 4.64. The molecule has 0 unspecified atom stereocenters. The van der Waals surface area contributed by atoms with Crippen molar-refractivity contribution >= 4 is 15.7 Å². The molecule has 0 aliphatic carbocycles. The maximum Gasteiger partial charge on any atom is 0.279 e. The van der Waals surface area contributed by atoms with Crippen LogP contribution in [0.5, 0.6) is 0 Å². The number of sulfonamides is 1. The van der Waals surface area contributed by atoms with E-state index in [-0.39, 0.29) is 5.03 Å². The second-order valence-corrected chi connectivity index (χ2v) is 6.27. The molecule has 22 heavy (non-hydrogen) atoms. The number of nitrogens with zero attached hydrogens (tertiary/aromatic N) is 4. The van der Waals surface area contributed by atoms with Gasteiger partial charge in [-0.3, -0.25) is 14.3 Å². The van der Waals surface area contributed by atoms with E-state index in [1.165, 1.54) is 35.7 Å². The number of benzene rings is 1. The van der Waals surface area contributed by atoms with Crippen molar-refractivity contribution in [3.63, 3.8) is 0 Å². The van der Waals surface area contributed by atoms with Crippen molar-refractivity contribution in [3.05, 3.63) is 60.9 Å². The third kappa shape index (κ3) is 2.82. The number of rotatable bonds is 4. The summed E-state index contributed by atoms with van der Waals surface area (Å²) in [7, 11) is -3.78. The fourth-order valence-electron chi connectivity index (χ4n) is 1.99. The summed E-state index contributed by atoms with van der Waals surface area (Å²) in [5, 5.41) is -0.00509. The Morgan fingerprint density at radius 1 is 1.14 bits per heavy atom. The van der Waals surface area contributed by atoms with Crippen LogP contribution >= 0.6 is 0 Å². The summed E-state index contributed by atoms with van der Waals surface area (Å²) in [5.74, 6) is 0.379. The summed E-state index contributed by atoms with van der Waals surface area (Å²) < 4.78 is 29.0. The molecular weight excluding hydrogens is 302 g/mol. The van der Waals surface area contributed by atoms with Crippen LogP contribution in [0.3, 0.4) is 0 Å². The van der Waals surface area contributed by atoms with Gasteiger partial charge in [0.15, 0.2) is 10.8 Å². The molecule has 1 N–H and O–H groups in total. The Morgan fingerprint density at radius 3 is 2.73 bits per heavy atom. The number of anilines is 1. The topological polar surface area (TPSA) is 89.8 Å². The van der Waals surface area contributed by atoms with Crippen LogP contribution < -0.4 is 4.72 Å². The predicted octanol–water partition coefficient (Wildman–Crippen LogP) is 1.77. The van der Waals surface area contributed by atoms with E-state index in [9.17, 15) is 8.42 Å². The number of hydrogen-bond acceptors (Lipinski definition) is 5. The smallest absolute Gasteiger partial charge is 0.278 e. The zero-order chi connectivity index (χ0) is 15.6. The first-order valence-electron chi connectivity index (χ1n) is 6.44. The highest BCUT2D eigenvalue weighted by Crippen LogP contribution is 2.18. The molecule has 8 heteroatoms. The lowest BCUT2D eigenvalue weighted by Gasteiger charge is -2.10. The molecule has 2 heterocycles. The summed E-state index contributed by atoms with van der Waals surface area (Å²) in [4.78, 5) is 11.9.